The second-order valence-electron chi connectivity index (χ2n) is 4.32. The molecule has 2 aromatic rings. The quantitative estimate of drug-likeness (QED) is 0.794. The number of hydrogen-bond donors (Lipinski definition) is 1. The van der Waals surface area contributed by atoms with Gasteiger partial charge >= 0.3 is 0 Å². The van der Waals surface area contributed by atoms with Gasteiger partial charge in [0.25, 0.3) is 0 Å². The number of hydrogen-bond acceptors (Lipinski definition) is 4. The topological polar surface area (TPSA) is 66.1 Å². The molecule has 7 heteroatoms. The Bertz CT molecular complexity index is 612. The van der Waals surface area contributed by atoms with E-state index in [1.54, 1.807) is 12.4 Å². The Kier molecular flexibility index (Phi) is 5.22. The Morgan fingerprint density at radius 1 is 1.30 bits per heavy atom. The highest BCUT2D eigenvalue weighted by Crippen LogP contribution is 2.14. The first-order valence-electron chi connectivity index (χ1n) is 6.17. The summed E-state index contributed by atoms with van der Waals surface area (Å²) in [5, 5.41) is 0.804. The molecule has 0 atom stereocenters. The van der Waals surface area contributed by atoms with Crippen LogP contribution in [0.25, 0.3) is 0 Å². The second-order valence-corrected chi connectivity index (χ2v) is 7.39. The lowest BCUT2D eigenvalue weighted by molar-refractivity contribution is 0.430. The van der Waals surface area contributed by atoms with Gasteiger partial charge in [-0.15, -0.1) is 0 Å². The van der Waals surface area contributed by atoms with Crippen LogP contribution >= 0.6 is 11.8 Å². The van der Waals surface area contributed by atoms with Crippen molar-refractivity contribution in [2.75, 3.05) is 18.6 Å². The molecule has 20 heavy (non-hydrogen) atoms. The molecule has 0 unspecified atom stereocenters. The molecule has 0 radical (unpaired) electrons. The third-order valence-electron chi connectivity index (χ3n) is 2.72. The summed E-state index contributed by atoms with van der Waals surface area (Å²) in [7, 11) is -3.21. The summed E-state index contributed by atoms with van der Waals surface area (Å²) in [4.78, 5) is 7.08. The number of sulfonamides is 1. The molecule has 0 aliphatic rings. The van der Waals surface area contributed by atoms with E-state index in [9.17, 15) is 8.42 Å². The predicted molar refractivity (Wildman–Crippen MR) is 81.0 cm³/mol. The van der Waals surface area contributed by atoms with E-state index in [4.69, 9.17) is 0 Å². The molecule has 1 aromatic heterocycles. The monoisotopic (exact) mass is 311 g/mol. The zero-order chi connectivity index (χ0) is 14.4. The summed E-state index contributed by atoms with van der Waals surface area (Å²) >= 11 is 1.51. The summed E-state index contributed by atoms with van der Waals surface area (Å²) in [5.41, 5.74) is 0.987. The van der Waals surface area contributed by atoms with Crippen molar-refractivity contribution in [2.24, 2.45) is 0 Å². The summed E-state index contributed by atoms with van der Waals surface area (Å²) in [6, 6.07) is 9.59. The fourth-order valence-corrected chi connectivity index (χ4v) is 3.44. The first kappa shape index (κ1) is 15.1. The van der Waals surface area contributed by atoms with Crippen molar-refractivity contribution in [1.29, 1.82) is 0 Å². The van der Waals surface area contributed by atoms with Crippen LogP contribution in [-0.2, 0) is 16.6 Å². The van der Waals surface area contributed by atoms with Crippen molar-refractivity contribution >= 4 is 21.8 Å². The van der Waals surface area contributed by atoms with Crippen LogP contribution in [0, 0.1) is 0 Å². The van der Waals surface area contributed by atoms with Crippen LogP contribution in [0.4, 0.5) is 0 Å². The van der Waals surface area contributed by atoms with E-state index in [-0.39, 0.29) is 0 Å². The first-order chi connectivity index (χ1) is 9.55. The molecule has 2 rings (SSSR count). The van der Waals surface area contributed by atoms with Crippen LogP contribution in [0.15, 0.2) is 47.9 Å². The molecule has 0 spiro atoms. The van der Waals surface area contributed by atoms with E-state index in [1.807, 2.05) is 30.3 Å². The van der Waals surface area contributed by atoms with Crippen molar-refractivity contribution in [2.45, 2.75) is 11.7 Å². The van der Waals surface area contributed by atoms with Gasteiger partial charge in [-0.3, -0.25) is 0 Å². The number of nitrogens with zero attached hydrogens (tertiary/aromatic N) is 2. The van der Waals surface area contributed by atoms with Crippen LogP contribution in [-0.4, -0.2) is 41.2 Å². The van der Waals surface area contributed by atoms with E-state index < -0.39 is 10.0 Å². The van der Waals surface area contributed by atoms with E-state index in [1.165, 1.54) is 22.3 Å². The fourth-order valence-electron chi connectivity index (χ4n) is 1.72. The van der Waals surface area contributed by atoms with E-state index in [0.29, 0.717) is 18.8 Å². The molecule has 108 valence electrons. The van der Waals surface area contributed by atoms with Crippen molar-refractivity contribution in [3.8, 4) is 0 Å². The zero-order valence-corrected chi connectivity index (χ0v) is 12.8. The van der Waals surface area contributed by atoms with Gasteiger partial charge in [-0.25, -0.2) is 13.4 Å². The molecule has 1 N–H and O–H groups in total. The highest BCUT2D eigenvalue weighted by molar-refractivity contribution is 7.99. The number of nitrogens with one attached hydrogen (secondary N) is 1. The summed E-state index contributed by atoms with van der Waals surface area (Å²) in [6.45, 7) is 0.859. The number of aromatic nitrogens is 2. The van der Waals surface area contributed by atoms with Crippen LogP contribution in [0.1, 0.15) is 5.56 Å². The normalized spacial score (nSPS) is 11.9. The highest BCUT2D eigenvalue weighted by atomic mass is 32.2. The van der Waals surface area contributed by atoms with Crippen LogP contribution in [0.5, 0.6) is 0 Å². The minimum absolute atomic E-state index is 0.401. The number of thioether (sulfide) groups is 1. The molecule has 0 fully saturated rings. The molecule has 0 bridgehead atoms. The zero-order valence-electron chi connectivity index (χ0n) is 11.2. The van der Waals surface area contributed by atoms with Gasteiger partial charge in [-0.05, 0) is 5.56 Å². The number of aromatic amines is 1. The SMILES string of the molecule is CS(=O)(=O)N(CCSc1ncc[nH]1)Cc1ccccc1. The Labute approximate surface area is 123 Å². The molecule has 1 heterocycles. The number of H-pyrrole nitrogens is 1. The molecule has 1 aromatic carbocycles. The van der Waals surface area contributed by atoms with Gasteiger partial charge in [0.05, 0.1) is 6.26 Å². The molecule has 0 aliphatic heterocycles. The van der Waals surface area contributed by atoms with Gasteiger partial charge in [0.15, 0.2) is 5.16 Å². The van der Waals surface area contributed by atoms with Crippen LogP contribution in [0.3, 0.4) is 0 Å². The maximum Gasteiger partial charge on any atom is 0.211 e. The van der Waals surface area contributed by atoms with E-state index >= 15 is 0 Å². The summed E-state index contributed by atoms with van der Waals surface area (Å²) in [5.74, 6) is 0.660. The lowest BCUT2D eigenvalue weighted by Crippen LogP contribution is -2.31. The van der Waals surface area contributed by atoms with E-state index in [0.717, 1.165) is 10.7 Å². The number of imidazole rings is 1. The van der Waals surface area contributed by atoms with Crippen LogP contribution < -0.4 is 0 Å². The first-order valence-corrected chi connectivity index (χ1v) is 9.00. The molecule has 5 nitrogen and oxygen atoms in total. The van der Waals surface area contributed by atoms with E-state index in [2.05, 4.69) is 9.97 Å². The maximum atomic E-state index is 11.8. The predicted octanol–water partition coefficient (Wildman–Crippen LogP) is 1.96. The van der Waals surface area contributed by atoms with Crippen LogP contribution in [0.2, 0.25) is 0 Å². The Morgan fingerprint density at radius 3 is 2.65 bits per heavy atom. The van der Waals surface area contributed by atoms with Crippen molar-refractivity contribution in [1.82, 2.24) is 14.3 Å². The standard InChI is InChI=1S/C13H17N3O2S2/c1-20(17,18)16(11-12-5-3-2-4-6-12)9-10-19-13-14-7-8-15-13/h2-8H,9-11H2,1H3,(H,14,15). The maximum absolute atomic E-state index is 11.8. The Balaban J connectivity index is 1.94. The van der Waals surface area contributed by atoms with Gasteiger partial charge in [-0.1, -0.05) is 42.1 Å². The third-order valence-corrected chi connectivity index (χ3v) is 4.86. The van der Waals surface area contributed by atoms with Gasteiger partial charge in [0, 0.05) is 31.2 Å². The lowest BCUT2D eigenvalue weighted by atomic mass is 10.2. The minimum Gasteiger partial charge on any atom is -0.340 e. The Hall–Kier alpha value is -1.31. The number of benzene rings is 1. The average molecular weight is 311 g/mol. The van der Waals surface area contributed by atoms with Gasteiger partial charge < -0.3 is 4.98 Å². The summed E-state index contributed by atoms with van der Waals surface area (Å²) < 4.78 is 25.1. The lowest BCUT2D eigenvalue weighted by Gasteiger charge is -2.19. The fraction of sp³-hybridized carbons (Fsp3) is 0.308. The van der Waals surface area contributed by atoms with Gasteiger partial charge in [0.2, 0.25) is 10.0 Å². The van der Waals surface area contributed by atoms with Crippen molar-refractivity contribution in [3.05, 3.63) is 48.3 Å². The highest BCUT2D eigenvalue weighted by Gasteiger charge is 2.16. The Morgan fingerprint density at radius 2 is 2.05 bits per heavy atom. The average Bonchev–Trinajstić information content (AvgIpc) is 2.91. The van der Waals surface area contributed by atoms with Gasteiger partial charge in [0.1, 0.15) is 0 Å². The van der Waals surface area contributed by atoms with Gasteiger partial charge in [-0.2, -0.15) is 4.31 Å². The molecule has 0 saturated heterocycles. The van der Waals surface area contributed by atoms with Crippen molar-refractivity contribution < 1.29 is 8.42 Å². The largest absolute Gasteiger partial charge is 0.340 e. The molecular formula is C13H17N3O2S2. The molecule has 0 saturated carbocycles. The molecular weight excluding hydrogens is 294 g/mol. The minimum atomic E-state index is -3.21. The third kappa shape index (κ3) is 4.66. The molecule has 0 aliphatic carbocycles. The number of rotatable bonds is 7. The smallest absolute Gasteiger partial charge is 0.211 e. The summed E-state index contributed by atoms with van der Waals surface area (Å²) in [6.07, 6.45) is 4.68. The van der Waals surface area contributed by atoms with Crippen molar-refractivity contribution in [3.63, 3.8) is 0 Å². The molecule has 0 amide bonds. The second kappa shape index (κ2) is 6.92.